The molecule has 0 aromatic rings. The number of rotatable bonds is 2. The van der Waals surface area contributed by atoms with Gasteiger partial charge in [0.2, 0.25) is 5.91 Å². The highest BCUT2D eigenvalue weighted by Crippen LogP contribution is 2.56. The first-order valence-electron chi connectivity index (χ1n) is 7.76. The van der Waals surface area contributed by atoms with E-state index in [-0.39, 0.29) is 0 Å². The first-order valence-corrected chi connectivity index (χ1v) is 7.76. The number of carbonyl (C=O) groups excluding carboxylic acids is 1. The predicted molar refractivity (Wildman–Crippen MR) is 71.9 cm³/mol. The molecular formula is C15H26N2O. The maximum atomic E-state index is 12.8. The Morgan fingerprint density at radius 1 is 1.11 bits per heavy atom. The number of hydrogen-bond donors (Lipinski definition) is 1. The van der Waals surface area contributed by atoms with Gasteiger partial charge in [-0.2, -0.15) is 0 Å². The summed E-state index contributed by atoms with van der Waals surface area (Å²) in [6.45, 7) is 2.84. The second kappa shape index (κ2) is 4.84. The number of carbonyl (C=O) groups is 1. The minimum Gasteiger partial charge on any atom is -0.335 e. The average molecular weight is 250 g/mol. The van der Waals surface area contributed by atoms with Gasteiger partial charge >= 0.3 is 0 Å². The Morgan fingerprint density at radius 3 is 2.39 bits per heavy atom. The van der Waals surface area contributed by atoms with Crippen LogP contribution in [0.2, 0.25) is 0 Å². The second-order valence-electron chi connectivity index (χ2n) is 6.55. The summed E-state index contributed by atoms with van der Waals surface area (Å²) in [6, 6.07) is 0.714. The van der Waals surface area contributed by atoms with Crippen LogP contribution in [0.25, 0.3) is 0 Å². The van der Waals surface area contributed by atoms with E-state index in [9.17, 15) is 4.79 Å². The number of piperidine rings is 1. The lowest BCUT2D eigenvalue weighted by molar-refractivity contribution is -0.139. The molecule has 1 heterocycles. The van der Waals surface area contributed by atoms with Crippen molar-refractivity contribution in [1.82, 2.24) is 4.90 Å². The number of likely N-dealkylation sites (tertiary alicyclic amines) is 1. The summed E-state index contributed by atoms with van der Waals surface area (Å²) in [7, 11) is 0. The van der Waals surface area contributed by atoms with Crippen molar-refractivity contribution < 1.29 is 4.79 Å². The molecule has 0 spiro atoms. The molecule has 3 nitrogen and oxygen atoms in total. The molecule has 102 valence electrons. The number of fused-ring (bicyclic) bond motifs is 1. The molecule has 4 unspecified atom stereocenters. The summed E-state index contributed by atoms with van der Waals surface area (Å²) >= 11 is 0. The topological polar surface area (TPSA) is 46.3 Å². The minimum atomic E-state index is 0.309. The van der Waals surface area contributed by atoms with Crippen LogP contribution in [0.4, 0.5) is 0 Å². The zero-order valence-corrected chi connectivity index (χ0v) is 11.5. The van der Waals surface area contributed by atoms with Crippen molar-refractivity contribution >= 4 is 5.91 Å². The first kappa shape index (κ1) is 12.5. The van der Waals surface area contributed by atoms with Gasteiger partial charge in [0.05, 0.1) is 0 Å². The summed E-state index contributed by atoms with van der Waals surface area (Å²) in [5.74, 6) is 2.24. The lowest BCUT2D eigenvalue weighted by Crippen LogP contribution is -2.52. The van der Waals surface area contributed by atoms with E-state index in [0.29, 0.717) is 30.5 Å². The van der Waals surface area contributed by atoms with Gasteiger partial charge in [0.25, 0.3) is 0 Å². The maximum absolute atomic E-state index is 12.8. The number of amides is 1. The third kappa shape index (κ3) is 1.97. The van der Waals surface area contributed by atoms with Crippen LogP contribution in [0.15, 0.2) is 0 Å². The van der Waals surface area contributed by atoms with Gasteiger partial charge in [-0.1, -0.05) is 12.8 Å². The average Bonchev–Trinajstić information content (AvgIpc) is 3.12. The van der Waals surface area contributed by atoms with Crippen molar-refractivity contribution in [2.75, 3.05) is 6.54 Å². The number of nitrogens with two attached hydrogens (primary N) is 1. The van der Waals surface area contributed by atoms with E-state index in [2.05, 4.69) is 11.8 Å². The standard InChI is InChI=1S/C15H26N2O/c1-10-5-4-6-11(9-16)17(10)15(18)14-12-7-2-3-8-13(12)14/h10-14H,2-9,16H2,1H3. The van der Waals surface area contributed by atoms with Gasteiger partial charge in [0.15, 0.2) is 0 Å². The van der Waals surface area contributed by atoms with Gasteiger partial charge in [0, 0.05) is 24.5 Å². The number of nitrogens with zero attached hydrogens (tertiary/aromatic N) is 1. The zero-order valence-electron chi connectivity index (χ0n) is 11.5. The van der Waals surface area contributed by atoms with Crippen LogP contribution in [0, 0.1) is 17.8 Å². The molecule has 2 aliphatic carbocycles. The maximum Gasteiger partial charge on any atom is 0.226 e. The van der Waals surface area contributed by atoms with E-state index in [1.54, 1.807) is 0 Å². The zero-order chi connectivity index (χ0) is 12.7. The van der Waals surface area contributed by atoms with Crippen LogP contribution in [-0.4, -0.2) is 29.4 Å². The van der Waals surface area contributed by atoms with Crippen molar-refractivity contribution in [2.24, 2.45) is 23.5 Å². The highest BCUT2D eigenvalue weighted by atomic mass is 16.2. The van der Waals surface area contributed by atoms with E-state index >= 15 is 0 Å². The Kier molecular flexibility index (Phi) is 3.35. The summed E-state index contributed by atoms with van der Waals surface area (Å²) < 4.78 is 0. The molecule has 3 aliphatic rings. The Hall–Kier alpha value is -0.570. The van der Waals surface area contributed by atoms with Gasteiger partial charge in [-0.15, -0.1) is 0 Å². The summed E-state index contributed by atoms with van der Waals surface area (Å²) in [5.41, 5.74) is 5.87. The fraction of sp³-hybridized carbons (Fsp3) is 0.933. The Morgan fingerprint density at radius 2 is 1.78 bits per heavy atom. The monoisotopic (exact) mass is 250 g/mol. The van der Waals surface area contributed by atoms with Crippen molar-refractivity contribution in [3.05, 3.63) is 0 Å². The third-order valence-corrected chi connectivity index (χ3v) is 5.50. The Balaban J connectivity index is 1.70. The van der Waals surface area contributed by atoms with Gasteiger partial charge in [0.1, 0.15) is 0 Å². The normalized spacial score (nSPS) is 43.4. The SMILES string of the molecule is CC1CCCC(CN)N1C(=O)C1C2CCCCC21. The molecule has 0 bridgehead atoms. The molecule has 1 amide bonds. The van der Waals surface area contributed by atoms with Crippen LogP contribution in [0.5, 0.6) is 0 Å². The molecule has 1 aliphatic heterocycles. The van der Waals surface area contributed by atoms with Crippen LogP contribution < -0.4 is 5.73 Å². The van der Waals surface area contributed by atoms with Crippen molar-refractivity contribution in [3.8, 4) is 0 Å². The van der Waals surface area contributed by atoms with Gasteiger partial charge in [-0.3, -0.25) is 4.79 Å². The molecule has 2 N–H and O–H groups in total. The summed E-state index contributed by atoms with van der Waals surface area (Å²) in [6.07, 6.45) is 8.73. The van der Waals surface area contributed by atoms with Crippen molar-refractivity contribution in [1.29, 1.82) is 0 Å². The lowest BCUT2D eigenvalue weighted by atomic mass is 9.95. The summed E-state index contributed by atoms with van der Waals surface area (Å²) in [4.78, 5) is 14.9. The minimum absolute atomic E-state index is 0.309. The lowest BCUT2D eigenvalue weighted by Gasteiger charge is -2.40. The highest BCUT2D eigenvalue weighted by molar-refractivity contribution is 5.83. The molecule has 3 rings (SSSR count). The van der Waals surface area contributed by atoms with Crippen molar-refractivity contribution in [2.45, 2.75) is 64.0 Å². The first-order chi connectivity index (χ1) is 8.74. The van der Waals surface area contributed by atoms with E-state index in [0.717, 1.165) is 24.7 Å². The fourth-order valence-corrected chi connectivity index (χ4v) is 4.45. The molecule has 3 heteroatoms. The van der Waals surface area contributed by atoms with Crippen LogP contribution in [-0.2, 0) is 4.79 Å². The van der Waals surface area contributed by atoms with E-state index < -0.39 is 0 Å². The number of hydrogen-bond acceptors (Lipinski definition) is 2. The van der Waals surface area contributed by atoms with E-state index in [4.69, 9.17) is 5.73 Å². The fourth-order valence-electron chi connectivity index (χ4n) is 4.45. The van der Waals surface area contributed by atoms with E-state index in [1.807, 2.05) is 0 Å². The smallest absolute Gasteiger partial charge is 0.226 e. The van der Waals surface area contributed by atoms with Gasteiger partial charge in [-0.25, -0.2) is 0 Å². The van der Waals surface area contributed by atoms with E-state index in [1.165, 1.54) is 32.1 Å². The molecule has 2 saturated carbocycles. The molecule has 0 aromatic carbocycles. The summed E-state index contributed by atoms with van der Waals surface area (Å²) in [5, 5.41) is 0. The molecule has 18 heavy (non-hydrogen) atoms. The second-order valence-corrected chi connectivity index (χ2v) is 6.55. The molecular weight excluding hydrogens is 224 g/mol. The third-order valence-electron chi connectivity index (χ3n) is 5.50. The van der Waals surface area contributed by atoms with Gasteiger partial charge < -0.3 is 10.6 Å². The highest BCUT2D eigenvalue weighted by Gasteiger charge is 2.56. The molecule has 1 saturated heterocycles. The molecule has 3 fully saturated rings. The predicted octanol–water partition coefficient (Wildman–Crippen LogP) is 2.15. The van der Waals surface area contributed by atoms with Crippen LogP contribution in [0.3, 0.4) is 0 Å². The Labute approximate surface area is 110 Å². The quantitative estimate of drug-likeness (QED) is 0.816. The van der Waals surface area contributed by atoms with Crippen LogP contribution >= 0.6 is 0 Å². The molecule has 0 aromatic heterocycles. The molecule has 4 atom stereocenters. The van der Waals surface area contributed by atoms with Crippen molar-refractivity contribution in [3.63, 3.8) is 0 Å². The van der Waals surface area contributed by atoms with Crippen LogP contribution in [0.1, 0.15) is 51.9 Å². The van der Waals surface area contributed by atoms with Gasteiger partial charge in [-0.05, 0) is 50.9 Å². The molecule has 0 radical (unpaired) electrons. The Bertz CT molecular complexity index is 318. The largest absolute Gasteiger partial charge is 0.335 e.